The molecule has 1 aliphatic carbocycles. The Morgan fingerprint density at radius 1 is 1.47 bits per heavy atom. The fourth-order valence-corrected chi connectivity index (χ4v) is 2.51. The normalized spacial score (nSPS) is 32.2. The Bertz CT molecular complexity index is 394. The van der Waals surface area contributed by atoms with E-state index in [1.54, 1.807) is 0 Å². The zero-order valence-electron chi connectivity index (χ0n) is 10.3. The Hall–Kier alpha value is -0.570. The molecule has 0 amide bonds. The lowest BCUT2D eigenvalue weighted by Crippen LogP contribution is -2.55. The van der Waals surface area contributed by atoms with Gasteiger partial charge in [-0.15, -0.1) is 0 Å². The van der Waals surface area contributed by atoms with Crippen molar-refractivity contribution in [2.45, 2.75) is 45.5 Å². The number of rotatable bonds is 4. The Morgan fingerprint density at radius 3 is 2.76 bits per heavy atom. The molecule has 0 aromatic heterocycles. The molecule has 1 saturated carbocycles. The number of benzene rings is 1. The Balaban J connectivity index is 1.94. The van der Waals surface area contributed by atoms with Crippen LogP contribution in [0.4, 0.5) is 0 Å². The predicted molar refractivity (Wildman–Crippen MR) is 69.1 cm³/mol. The number of hydrogen-bond donors (Lipinski definition) is 1. The Labute approximate surface area is 108 Å². The summed E-state index contributed by atoms with van der Waals surface area (Å²) < 4.78 is 5.88. The summed E-state index contributed by atoms with van der Waals surface area (Å²) in [5.41, 5.74) is 0.912. The molecular formula is C14H19ClO2. The molecule has 3 unspecified atom stereocenters. The molecule has 0 saturated heterocycles. The van der Waals surface area contributed by atoms with Crippen molar-refractivity contribution in [3.63, 3.8) is 0 Å². The number of halogens is 1. The molecule has 0 spiro atoms. The molecule has 17 heavy (non-hydrogen) atoms. The minimum Gasteiger partial charge on any atom is -0.392 e. The summed E-state index contributed by atoms with van der Waals surface area (Å²) in [6, 6.07) is 7.71. The number of hydrogen-bond acceptors (Lipinski definition) is 2. The van der Waals surface area contributed by atoms with Gasteiger partial charge in [-0.2, -0.15) is 0 Å². The topological polar surface area (TPSA) is 29.5 Å². The van der Waals surface area contributed by atoms with Gasteiger partial charge in [0.05, 0.1) is 18.8 Å². The minimum atomic E-state index is -0.233. The van der Waals surface area contributed by atoms with Crippen molar-refractivity contribution >= 4 is 11.6 Å². The van der Waals surface area contributed by atoms with Crippen molar-refractivity contribution in [3.05, 3.63) is 34.9 Å². The van der Waals surface area contributed by atoms with Gasteiger partial charge in [0.1, 0.15) is 0 Å². The first-order valence-electron chi connectivity index (χ1n) is 6.11. The first-order valence-corrected chi connectivity index (χ1v) is 6.48. The zero-order chi connectivity index (χ0) is 12.5. The van der Waals surface area contributed by atoms with Crippen LogP contribution in [0.1, 0.15) is 32.3 Å². The molecule has 1 aromatic carbocycles. The van der Waals surface area contributed by atoms with E-state index < -0.39 is 0 Å². The first kappa shape index (κ1) is 12.9. The average molecular weight is 255 g/mol. The van der Waals surface area contributed by atoms with E-state index in [1.807, 2.05) is 24.3 Å². The molecular weight excluding hydrogens is 236 g/mol. The van der Waals surface area contributed by atoms with Crippen molar-refractivity contribution in [1.29, 1.82) is 0 Å². The van der Waals surface area contributed by atoms with Gasteiger partial charge in [0.2, 0.25) is 0 Å². The first-order chi connectivity index (χ1) is 8.08. The van der Waals surface area contributed by atoms with E-state index in [0.29, 0.717) is 6.61 Å². The second-order valence-corrected chi connectivity index (χ2v) is 5.41. The van der Waals surface area contributed by atoms with Crippen LogP contribution in [-0.2, 0) is 11.3 Å². The fourth-order valence-electron chi connectivity index (χ4n) is 2.32. The maximum absolute atomic E-state index is 9.78. The van der Waals surface area contributed by atoms with E-state index in [9.17, 15) is 5.11 Å². The molecule has 3 heteroatoms. The number of aliphatic hydroxyl groups excluding tert-OH is 1. The average Bonchev–Trinajstić information content (AvgIpc) is 2.35. The van der Waals surface area contributed by atoms with Crippen molar-refractivity contribution in [1.82, 2.24) is 0 Å². The highest BCUT2D eigenvalue weighted by atomic mass is 35.5. The molecule has 2 rings (SSSR count). The number of ether oxygens (including phenoxy) is 1. The van der Waals surface area contributed by atoms with Gasteiger partial charge in [0, 0.05) is 16.9 Å². The molecule has 1 aromatic rings. The Morgan fingerprint density at radius 2 is 2.18 bits per heavy atom. The van der Waals surface area contributed by atoms with Crippen LogP contribution < -0.4 is 0 Å². The zero-order valence-corrected chi connectivity index (χ0v) is 11.1. The summed E-state index contributed by atoms with van der Waals surface area (Å²) >= 11 is 6.07. The molecule has 1 aliphatic rings. The van der Waals surface area contributed by atoms with E-state index in [4.69, 9.17) is 16.3 Å². The van der Waals surface area contributed by atoms with Crippen LogP contribution in [0.15, 0.2) is 24.3 Å². The summed E-state index contributed by atoms with van der Waals surface area (Å²) in [6.45, 7) is 4.69. The van der Waals surface area contributed by atoms with Crippen molar-refractivity contribution in [2.24, 2.45) is 5.41 Å². The molecule has 1 N–H and O–H groups in total. The van der Waals surface area contributed by atoms with Gasteiger partial charge < -0.3 is 9.84 Å². The third-order valence-electron chi connectivity index (χ3n) is 4.09. The lowest BCUT2D eigenvalue weighted by Gasteiger charge is -2.50. The van der Waals surface area contributed by atoms with Crippen molar-refractivity contribution in [3.8, 4) is 0 Å². The summed E-state index contributed by atoms with van der Waals surface area (Å²) in [5.74, 6) is 0. The predicted octanol–water partition coefficient (Wildman–Crippen LogP) is 3.41. The van der Waals surface area contributed by atoms with Crippen molar-refractivity contribution < 1.29 is 9.84 Å². The molecule has 0 aliphatic heterocycles. The molecule has 0 heterocycles. The second-order valence-electron chi connectivity index (χ2n) is 5.00. The van der Waals surface area contributed by atoms with Crippen LogP contribution in [0, 0.1) is 5.41 Å². The van der Waals surface area contributed by atoms with Gasteiger partial charge in [-0.1, -0.05) is 43.6 Å². The summed E-state index contributed by atoms with van der Waals surface area (Å²) in [4.78, 5) is 0. The Kier molecular flexibility index (Phi) is 3.76. The van der Waals surface area contributed by atoms with Crippen LogP contribution in [0.3, 0.4) is 0 Å². The standard InChI is InChI=1S/C14H19ClO2/c1-3-14(2)12(16)8-13(14)17-9-10-6-4-5-7-11(10)15/h4-7,12-13,16H,3,8-9H2,1-2H3. The lowest BCUT2D eigenvalue weighted by molar-refractivity contribution is -0.190. The summed E-state index contributed by atoms with van der Waals surface area (Å²) in [6.07, 6.45) is 1.57. The van der Waals surface area contributed by atoms with Gasteiger partial charge >= 0.3 is 0 Å². The van der Waals surface area contributed by atoms with E-state index >= 15 is 0 Å². The van der Waals surface area contributed by atoms with E-state index in [1.165, 1.54) is 0 Å². The third kappa shape index (κ3) is 2.35. The van der Waals surface area contributed by atoms with Crippen LogP contribution in [-0.4, -0.2) is 17.3 Å². The van der Waals surface area contributed by atoms with Crippen LogP contribution >= 0.6 is 11.6 Å². The van der Waals surface area contributed by atoms with Crippen LogP contribution in [0.25, 0.3) is 0 Å². The van der Waals surface area contributed by atoms with Crippen molar-refractivity contribution in [2.75, 3.05) is 0 Å². The van der Waals surface area contributed by atoms with Gasteiger partial charge in [-0.25, -0.2) is 0 Å². The SMILES string of the molecule is CCC1(C)C(O)CC1OCc1ccccc1Cl. The quantitative estimate of drug-likeness (QED) is 0.892. The van der Waals surface area contributed by atoms with E-state index in [2.05, 4.69) is 13.8 Å². The smallest absolute Gasteiger partial charge is 0.0735 e. The van der Waals surface area contributed by atoms with Crippen LogP contribution in [0.5, 0.6) is 0 Å². The highest BCUT2D eigenvalue weighted by molar-refractivity contribution is 6.31. The van der Waals surface area contributed by atoms with E-state index in [-0.39, 0.29) is 17.6 Å². The van der Waals surface area contributed by atoms with Crippen LogP contribution in [0.2, 0.25) is 5.02 Å². The second kappa shape index (κ2) is 4.97. The molecule has 94 valence electrons. The maximum Gasteiger partial charge on any atom is 0.0735 e. The highest BCUT2D eigenvalue weighted by Gasteiger charge is 2.50. The van der Waals surface area contributed by atoms with Gasteiger partial charge in [-0.05, 0) is 18.1 Å². The third-order valence-corrected chi connectivity index (χ3v) is 4.46. The fraction of sp³-hybridized carbons (Fsp3) is 0.571. The number of aliphatic hydroxyl groups is 1. The largest absolute Gasteiger partial charge is 0.392 e. The van der Waals surface area contributed by atoms with Gasteiger partial charge in [0.25, 0.3) is 0 Å². The molecule has 1 fully saturated rings. The molecule has 3 atom stereocenters. The lowest BCUT2D eigenvalue weighted by atomic mass is 9.63. The maximum atomic E-state index is 9.78. The monoisotopic (exact) mass is 254 g/mol. The summed E-state index contributed by atoms with van der Waals surface area (Å²) in [7, 11) is 0. The molecule has 2 nitrogen and oxygen atoms in total. The van der Waals surface area contributed by atoms with Gasteiger partial charge in [-0.3, -0.25) is 0 Å². The minimum absolute atomic E-state index is 0.0960. The highest BCUT2D eigenvalue weighted by Crippen LogP contribution is 2.46. The molecule has 0 radical (unpaired) electrons. The van der Waals surface area contributed by atoms with Gasteiger partial charge in [0.15, 0.2) is 0 Å². The summed E-state index contributed by atoms with van der Waals surface area (Å²) in [5, 5.41) is 10.5. The molecule has 0 bridgehead atoms. The van der Waals surface area contributed by atoms with E-state index in [0.717, 1.165) is 23.4 Å².